The summed E-state index contributed by atoms with van der Waals surface area (Å²) in [6.45, 7) is 3.59. The summed E-state index contributed by atoms with van der Waals surface area (Å²) in [6, 6.07) is 14.7. The van der Waals surface area contributed by atoms with Crippen molar-refractivity contribution in [2.24, 2.45) is 0 Å². The van der Waals surface area contributed by atoms with E-state index < -0.39 is 17.9 Å². The third-order valence-corrected chi connectivity index (χ3v) is 5.99. The minimum atomic E-state index is -4.55. The maximum absolute atomic E-state index is 13.1. The van der Waals surface area contributed by atoms with E-state index in [9.17, 15) is 18.0 Å². The standard InChI is InChI=1S/C26H20F3N5O/c1-15-11-20(6-8-30-15)25-21-12-18(3-4-22(21)32-33-25)19-7-10-34(24(35)14-19)16(2)17-5-9-31-23(13-17)26(27,28)29/h3-14,16H,1-2H3,(H,32,33). The van der Waals surface area contributed by atoms with Crippen molar-refractivity contribution in [3.63, 3.8) is 0 Å². The SMILES string of the molecule is Cc1cc(-c2n[nH]c3ccc(-c4ccn(C(C)c5ccnc(C(F)(F)F)c5)c(=O)c4)cc23)ccn1. The number of H-pyrrole nitrogens is 1. The van der Waals surface area contributed by atoms with E-state index in [4.69, 9.17) is 0 Å². The van der Waals surface area contributed by atoms with Gasteiger partial charge < -0.3 is 4.57 Å². The molecule has 0 saturated heterocycles. The van der Waals surface area contributed by atoms with Crippen molar-refractivity contribution in [3.8, 4) is 22.4 Å². The predicted octanol–water partition coefficient (Wildman–Crippen LogP) is 5.79. The van der Waals surface area contributed by atoms with E-state index in [-0.39, 0.29) is 5.56 Å². The summed E-state index contributed by atoms with van der Waals surface area (Å²) >= 11 is 0. The second-order valence-corrected chi connectivity index (χ2v) is 8.33. The molecule has 1 N–H and O–H groups in total. The lowest BCUT2D eigenvalue weighted by Crippen LogP contribution is -2.23. The fraction of sp³-hybridized carbons (Fsp3) is 0.154. The Morgan fingerprint density at radius 1 is 0.914 bits per heavy atom. The van der Waals surface area contributed by atoms with E-state index in [1.807, 2.05) is 37.3 Å². The lowest BCUT2D eigenvalue weighted by atomic mass is 10.0. The first kappa shape index (κ1) is 22.5. The summed E-state index contributed by atoms with van der Waals surface area (Å²) in [5.74, 6) is 0. The summed E-state index contributed by atoms with van der Waals surface area (Å²) in [7, 11) is 0. The van der Waals surface area contributed by atoms with E-state index in [0.29, 0.717) is 11.1 Å². The molecule has 0 aliphatic carbocycles. The summed E-state index contributed by atoms with van der Waals surface area (Å²) in [6.07, 6.45) is -0.112. The van der Waals surface area contributed by atoms with Crippen LogP contribution in [0, 0.1) is 6.92 Å². The van der Waals surface area contributed by atoms with Gasteiger partial charge in [0.2, 0.25) is 0 Å². The number of pyridine rings is 3. The van der Waals surface area contributed by atoms with E-state index in [2.05, 4.69) is 20.2 Å². The first-order valence-corrected chi connectivity index (χ1v) is 10.9. The molecule has 5 aromatic rings. The van der Waals surface area contributed by atoms with Crippen molar-refractivity contribution in [3.05, 3.63) is 100 Å². The Balaban J connectivity index is 1.50. The van der Waals surface area contributed by atoms with Crippen LogP contribution in [-0.4, -0.2) is 24.7 Å². The molecular weight excluding hydrogens is 455 g/mol. The van der Waals surface area contributed by atoms with Crippen LogP contribution < -0.4 is 5.56 Å². The van der Waals surface area contributed by atoms with Gasteiger partial charge in [-0.3, -0.25) is 19.9 Å². The molecule has 5 rings (SSSR count). The topological polar surface area (TPSA) is 76.5 Å². The monoisotopic (exact) mass is 475 g/mol. The Morgan fingerprint density at radius 3 is 2.43 bits per heavy atom. The van der Waals surface area contributed by atoms with Gasteiger partial charge in [-0.05, 0) is 73.0 Å². The molecule has 0 fully saturated rings. The Morgan fingerprint density at radius 2 is 1.69 bits per heavy atom. The molecule has 0 amide bonds. The lowest BCUT2D eigenvalue weighted by Gasteiger charge is -2.17. The maximum Gasteiger partial charge on any atom is 0.433 e. The number of rotatable bonds is 4. The zero-order chi connectivity index (χ0) is 24.7. The number of benzene rings is 1. The van der Waals surface area contributed by atoms with Gasteiger partial charge in [0.15, 0.2) is 0 Å². The van der Waals surface area contributed by atoms with Crippen LogP contribution in [0.4, 0.5) is 13.2 Å². The molecule has 1 aromatic carbocycles. The number of hydrogen-bond donors (Lipinski definition) is 1. The highest BCUT2D eigenvalue weighted by atomic mass is 19.4. The molecule has 0 aliphatic heterocycles. The number of nitrogens with zero attached hydrogens (tertiary/aromatic N) is 4. The first-order valence-electron chi connectivity index (χ1n) is 10.9. The number of alkyl halides is 3. The van der Waals surface area contributed by atoms with Crippen molar-refractivity contribution in [2.75, 3.05) is 0 Å². The molecule has 1 atom stereocenters. The second-order valence-electron chi connectivity index (χ2n) is 8.33. The smallest absolute Gasteiger partial charge is 0.308 e. The van der Waals surface area contributed by atoms with Gasteiger partial charge in [-0.25, -0.2) is 0 Å². The molecule has 35 heavy (non-hydrogen) atoms. The van der Waals surface area contributed by atoms with Gasteiger partial charge in [0.25, 0.3) is 5.56 Å². The fourth-order valence-electron chi connectivity index (χ4n) is 4.12. The molecule has 1 unspecified atom stereocenters. The lowest BCUT2D eigenvalue weighted by molar-refractivity contribution is -0.141. The molecule has 4 heterocycles. The third kappa shape index (κ3) is 4.32. The van der Waals surface area contributed by atoms with Gasteiger partial charge in [0.1, 0.15) is 11.4 Å². The van der Waals surface area contributed by atoms with Gasteiger partial charge >= 0.3 is 6.18 Å². The molecule has 4 aromatic heterocycles. The number of fused-ring (bicyclic) bond motifs is 1. The summed E-state index contributed by atoms with van der Waals surface area (Å²) in [4.78, 5) is 20.6. The normalized spacial score (nSPS) is 12.7. The number of hydrogen-bond acceptors (Lipinski definition) is 4. The van der Waals surface area contributed by atoms with Crippen LogP contribution in [0.3, 0.4) is 0 Å². The van der Waals surface area contributed by atoms with Crippen LogP contribution >= 0.6 is 0 Å². The zero-order valence-corrected chi connectivity index (χ0v) is 18.8. The fourth-order valence-corrected chi connectivity index (χ4v) is 4.12. The van der Waals surface area contributed by atoms with Crippen LogP contribution in [0.5, 0.6) is 0 Å². The molecule has 0 aliphatic rings. The summed E-state index contributed by atoms with van der Waals surface area (Å²) in [5.41, 5.74) is 4.02. The van der Waals surface area contributed by atoms with Crippen LogP contribution in [0.15, 0.2) is 78.0 Å². The number of aryl methyl sites for hydroxylation is 1. The number of aromatic amines is 1. The largest absolute Gasteiger partial charge is 0.433 e. The Kier molecular flexibility index (Phi) is 5.47. The average molecular weight is 475 g/mol. The number of aromatic nitrogens is 5. The van der Waals surface area contributed by atoms with Gasteiger partial charge in [0, 0.05) is 41.3 Å². The molecular formula is C26H20F3N5O. The van der Waals surface area contributed by atoms with Crippen LogP contribution in [0.1, 0.15) is 29.9 Å². The minimum absolute atomic E-state index is 0.322. The summed E-state index contributed by atoms with van der Waals surface area (Å²) in [5, 5.41) is 8.39. The van der Waals surface area contributed by atoms with Crippen LogP contribution in [-0.2, 0) is 6.18 Å². The van der Waals surface area contributed by atoms with Crippen LogP contribution in [0.25, 0.3) is 33.3 Å². The summed E-state index contributed by atoms with van der Waals surface area (Å²) < 4.78 is 40.6. The van der Waals surface area contributed by atoms with Crippen molar-refractivity contribution in [2.45, 2.75) is 26.1 Å². The number of nitrogens with one attached hydrogen (secondary N) is 1. The molecule has 0 bridgehead atoms. The zero-order valence-electron chi connectivity index (χ0n) is 18.8. The molecule has 0 radical (unpaired) electrons. The van der Waals surface area contributed by atoms with Crippen molar-refractivity contribution < 1.29 is 13.2 Å². The quantitative estimate of drug-likeness (QED) is 0.357. The molecule has 9 heteroatoms. The van der Waals surface area contributed by atoms with Crippen molar-refractivity contribution in [1.29, 1.82) is 0 Å². The van der Waals surface area contributed by atoms with Gasteiger partial charge in [-0.1, -0.05) is 6.07 Å². The second kappa shape index (κ2) is 8.50. The molecule has 176 valence electrons. The highest BCUT2D eigenvalue weighted by molar-refractivity contribution is 5.95. The van der Waals surface area contributed by atoms with Crippen LogP contribution in [0.2, 0.25) is 0 Å². The van der Waals surface area contributed by atoms with Crippen molar-refractivity contribution >= 4 is 10.9 Å². The van der Waals surface area contributed by atoms with Gasteiger partial charge in [0.05, 0.1) is 11.6 Å². The minimum Gasteiger partial charge on any atom is -0.308 e. The first-order chi connectivity index (χ1) is 16.7. The van der Waals surface area contributed by atoms with Gasteiger partial charge in [-0.2, -0.15) is 18.3 Å². The predicted molar refractivity (Wildman–Crippen MR) is 127 cm³/mol. The van der Waals surface area contributed by atoms with E-state index in [1.54, 1.807) is 25.4 Å². The highest BCUT2D eigenvalue weighted by Crippen LogP contribution is 2.31. The Bertz CT molecular complexity index is 1600. The Hall–Kier alpha value is -4.27. The van der Waals surface area contributed by atoms with E-state index >= 15 is 0 Å². The number of halogens is 3. The average Bonchev–Trinajstić information content (AvgIpc) is 3.26. The Labute approximate surface area is 198 Å². The molecule has 0 spiro atoms. The van der Waals surface area contributed by atoms with Gasteiger partial charge in [-0.15, -0.1) is 0 Å². The third-order valence-electron chi connectivity index (χ3n) is 5.99. The van der Waals surface area contributed by atoms with Crippen molar-refractivity contribution in [1.82, 2.24) is 24.7 Å². The molecule has 0 saturated carbocycles. The van der Waals surface area contributed by atoms with E-state index in [0.717, 1.165) is 45.7 Å². The maximum atomic E-state index is 13.1. The molecule has 6 nitrogen and oxygen atoms in total. The highest BCUT2D eigenvalue weighted by Gasteiger charge is 2.32. The van der Waals surface area contributed by atoms with E-state index in [1.165, 1.54) is 16.7 Å².